The highest BCUT2D eigenvalue weighted by Gasteiger charge is 2.12. The van der Waals surface area contributed by atoms with Crippen molar-refractivity contribution >= 4 is 10.0 Å². The Hall–Kier alpha value is -0.950. The molecule has 0 heterocycles. The number of hydrogen-bond donors (Lipinski definition) is 1. The highest BCUT2D eigenvalue weighted by atomic mass is 32.2. The lowest BCUT2D eigenvalue weighted by Gasteiger charge is -2.16. The average Bonchev–Trinajstić information content (AvgIpc) is 2.37. The zero-order chi connectivity index (χ0) is 13.4. The van der Waals surface area contributed by atoms with Gasteiger partial charge in [-0.05, 0) is 19.2 Å². The van der Waals surface area contributed by atoms with E-state index in [0.29, 0.717) is 24.6 Å². The van der Waals surface area contributed by atoms with Crippen LogP contribution in [-0.4, -0.2) is 53.7 Å². The van der Waals surface area contributed by atoms with Gasteiger partial charge in [-0.2, -0.15) is 0 Å². The average molecular weight is 272 g/mol. The lowest BCUT2D eigenvalue weighted by Crippen LogP contribution is -2.34. The summed E-state index contributed by atoms with van der Waals surface area (Å²) in [7, 11) is 0.187. The van der Waals surface area contributed by atoms with Crippen molar-refractivity contribution in [2.75, 3.05) is 40.4 Å². The smallest absolute Gasteiger partial charge is 0.240 e. The van der Waals surface area contributed by atoms with Crippen molar-refractivity contribution in [1.82, 2.24) is 9.62 Å². The first-order valence-electron chi connectivity index (χ1n) is 5.78. The number of sulfonamides is 1. The molecule has 0 aliphatic carbocycles. The third-order valence-corrected chi connectivity index (χ3v) is 3.99. The van der Waals surface area contributed by atoms with Crippen molar-refractivity contribution in [2.24, 2.45) is 0 Å². The Bertz CT molecular complexity index is 434. The van der Waals surface area contributed by atoms with Crippen molar-refractivity contribution in [2.45, 2.75) is 4.90 Å². The van der Waals surface area contributed by atoms with E-state index >= 15 is 0 Å². The van der Waals surface area contributed by atoms with E-state index in [9.17, 15) is 8.42 Å². The monoisotopic (exact) mass is 272 g/mol. The lowest BCUT2D eigenvalue weighted by molar-refractivity contribution is 0.162. The first-order valence-corrected chi connectivity index (χ1v) is 7.27. The minimum atomic E-state index is -3.38. The molecule has 1 aromatic rings. The molecule has 0 aliphatic rings. The summed E-state index contributed by atoms with van der Waals surface area (Å²) in [5, 5.41) is 0. The Labute approximate surface area is 109 Å². The van der Waals surface area contributed by atoms with Crippen molar-refractivity contribution in [3.05, 3.63) is 30.3 Å². The zero-order valence-electron chi connectivity index (χ0n) is 10.8. The summed E-state index contributed by atoms with van der Waals surface area (Å²) in [4.78, 5) is 2.31. The van der Waals surface area contributed by atoms with Crippen LogP contribution in [0.25, 0.3) is 0 Å². The van der Waals surface area contributed by atoms with Crippen LogP contribution in [0.3, 0.4) is 0 Å². The first kappa shape index (κ1) is 15.1. The van der Waals surface area contributed by atoms with E-state index in [0.717, 1.165) is 6.54 Å². The molecule has 0 aromatic heterocycles. The Kier molecular flexibility index (Phi) is 6.28. The van der Waals surface area contributed by atoms with Crippen molar-refractivity contribution in [3.63, 3.8) is 0 Å². The number of hydrogen-bond acceptors (Lipinski definition) is 4. The molecule has 0 saturated carbocycles. The summed E-state index contributed by atoms with van der Waals surface area (Å²) in [6, 6.07) is 8.37. The number of rotatable bonds is 8. The standard InChI is InChI=1S/C12H20N2O3S/c1-14(10-11-17-2)9-8-13-18(15,16)12-6-4-3-5-7-12/h3-7,13H,8-11H2,1-2H3. The van der Waals surface area contributed by atoms with Crippen LogP contribution in [-0.2, 0) is 14.8 Å². The van der Waals surface area contributed by atoms with E-state index in [-0.39, 0.29) is 0 Å². The summed E-state index contributed by atoms with van der Waals surface area (Å²) in [6.07, 6.45) is 0. The minimum absolute atomic E-state index is 0.296. The number of ether oxygens (including phenoxy) is 1. The molecular weight excluding hydrogens is 252 g/mol. The Balaban J connectivity index is 2.39. The predicted octanol–water partition coefficient (Wildman–Crippen LogP) is 0.543. The maximum absolute atomic E-state index is 11.9. The summed E-state index contributed by atoms with van der Waals surface area (Å²) in [6.45, 7) is 2.46. The van der Waals surface area contributed by atoms with Crippen LogP contribution in [0.15, 0.2) is 35.2 Å². The molecule has 0 amide bonds. The van der Waals surface area contributed by atoms with Gasteiger partial charge in [-0.25, -0.2) is 13.1 Å². The summed E-state index contributed by atoms with van der Waals surface area (Å²) in [5.74, 6) is 0. The molecule has 0 saturated heterocycles. The van der Waals surface area contributed by atoms with E-state index in [1.165, 1.54) is 0 Å². The molecule has 1 N–H and O–H groups in total. The summed E-state index contributed by atoms with van der Waals surface area (Å²) in [5.41, 5.74) is 0. The van der Waals surface area contributed by atoms with Crippen molar-refractivity contribution < 1.29 is 13.2 Å². The van der Waals surface area contributed by atoms with Gasteiger partial charge >= 0.3 is 0 Å². The van der Waals surface area contributed by atoms with Gasteiger partial charge in [0.05, 0.1) is 11.5 Å². The largest absolute Gasteiger partial charge is 0.383 e. The molecule has 0 aliphatic heterocycles. The second kappa shape index (κ2) is 7.48. The quantitative estimate of drug-likeness (QED) is 0.750. The lowest BCUT2D eigenvalue weighted by atomic mass is 10.4. The molecule has 0 spiro atoms. The first-order chi connectivity index (χ1) is 8.56. The zero-order valence-corrected chi connectivity index (χ0v) is 11.6. The molecule has 1 rings (SSSR count). The highest BCUT2D eigenvalue weighted by Crippen LogP contribution is 2.06. The van der Waals surface area contributed by atoms with Gasteiger partial charge < -0.3 is 9.64 Å². The van der Waals surface area contributed by atoms with Crippen LogP contribution in [0.4, 0.5) is 0 Å². The molecule has 6 heteroatoms. The van der Waals surface area contributed by atoms with Gasteiger partial charge in [0, 0.05) is 26.7 Å². The molecule has 1 aromatic carbocycles. The molecule has 0 radical (unpaired) electrons. The third-order valence-electron chi connectivity index (χ3n) is 2.52. The summed E-state index contributed by atoms with van der Waals surface area (Å²) < 4.78 is 31.3. The molecular formula is C12H20N2O3S. The van der Waals surface area contributed by atoms with Gasteiger partial charge in [-0.15, -0.1) is 0 Å². The number of benzene rings is 1. The molecule has 0 atom stereocenters. The molecule has 0 bridgehead atoms. The molecule has 0 unspecified atom stereocenters. The van der Waals surface area contributed by atoms with Gasteiger partial charge in [0.1, 0.15) is 0 Å². The third kappa shape index (κ3) is 5.14. The van der Waals surface area contributed by atoms with Crippen LogP contribution >= 0.6 is 0 Å². The number of likely N-dealkylation sites (N-methyl/N-ethyl adjacent to an activating group) is 1. The Morgan fingerprint density at radius 3 is 2.50 bits per heavy atom. The van der Waals surface area contributed by atoms with Crippen molar-refractivity contribution in [1.29, 1.82) is 0 Å². The highest BCUT2D eigenvalue weighted by molar-refractivity contribution is 7.89. The Morgan fingerprint density at radius 2 is 1.89 bits per heavy atom. The summed E-state index contributed by atoms with van der Waals surface area (Å²) >= 11 is 0. The van der Waals surface area contributed by atoms with Gasteiger partial charge in [0.2, 0.25) is 10.0 Å². The van der Waals surface area contributed by atoms with Gasteiger partial charge in [0.25, 0.3) is 0 Å². The van der Waals surface area contributed by atoms with Crippen LogP contribution < -0.4 is 4.72 Å². The van der Waals surface area contributed by atoms with Crippen LogP contribution in [0, 0.1) is 0 Å². The fourth-order valence-corrected chi connectivity index (χ4v) is 2.45. The van der Waals surface area contributed by atoms with E-state index in [1.54, 1.807) is 37.4 Å². The molecule has 102 valence electrons. The number of nitrogens with one attached hydrogen (secondary N) is 1. The van der Waals surface area contributed by atoms with Crippen LogP contribution in [0.1, 0.15) is 0 Å². The topological polar surface area (TPSA) is 58.6 Å². The van der Waals surface area contributed by atoms with E-state index in [4.69, 9.17) is 4.74 Å². The van der Waals surface area contributed by atoms with Crippen LogP contribution in [0.5, 0.6) is 0 Å². The van der Waals surface area contributed by atoms with Gasteiger partial charge in [-0.3, -0.25) is 0 Å². The number of nitrogens with zero attached hydrogens (tertiary/aromatic N) is 1. The Morgan fingerprint density at radius 1 is 1.22 bits per heavy atom. The molecule has 5 nitrogen and oxygen atoms in total. The maximum Gasteiger partial charge on any atom is 0.240 e. The molecule has 18 heavy (non-hydrogen) atoms. The fraction of sp³-hybridized carbons (Fsp3) is 0.500. The SMILES string of the molecule is COCCN(C)CCNS(=O)(=O)c1ccccc1. The van der Waals surface area contributed by atoms with Gasteiger partial charge in [0.15, 0.2) is 0 Å². The second-order valence-electron chi connectivity index (χ2n) is 4.01. The second-order valence-corrected chi connectivity index (χ2v) is 5.77. The minimum Gasteiger partial charge on any atom is -0.383 e. The fourth-order valence-electron chi connectivity index (χ4n) is 1.41. The maximum atomic E-state index is 11.9. The van der Waals surface area contributed by atoms with E-state index < -0.39 is 10.0 Å². The van der Waals surface area contributed by atoms with E-state index in [2.05, 4.69) is 4.72 Å². The van der Waals surface area contributed by atoms with Crippen LogP contribution in [0.2, 0.25) is 0 Å². The predicted molar refractivity (Wildman–Crippen MR) is 71.0 cm³/mol. The van der Waals surface area contributed by atoms with E-state index in [1.807, 2.05) is 11.9 Å². The normalized spacial score (nSPS) is 11.9. The number of methoxy groups -OCH3 is 1. The molecule has 0 fully saturated rings. The van der Waals surface area contributed by atoms with Crippen molar-refractivity contribution in [3.8, 4) is 0 Å². The van der Waals surface area contributed by atoms with Gasteiger partial charge in [-0.1, -0.05) is 18.2 Å².